The third-order valence-electron chi connectivity index (χ3n) is 4.19. The van der Waals surface area contributed by atoms with Crippen LogP contribution in [0.5, 0.6) is 0 Å². The fraction of sp³-hybridized carbons (Fsp3) is 0.647. The van der Waals surface area contributed by atoms with Crippen molar-refractivity contribution in [1.29, 1.82) is 0 Å². The minimum absolute atomic E-state index is 0. The van der Waals surface area contributed by atoms with E-state index in [2.05, 4.69) is 36.1 Å². The molecule has 0 aromatic heterocycles. The van der Waals surface area contributed by atoms with Gasteiger partial charge in [0.15, 0.2) is 0 Å². The van der Waals surface area contributed by atoms with E-state index in [0.717, 1.165) is 6.54 Å². The van der Waals surface area contributed by atoms with Crippen LogP contribution in [-0.2, 0) is 0 Å². The van der Waals surface area contributed by atoms with Crippen LogP contribution < -0.4 is 5.73 Å². The zero-order valence-electron chi connectivity index (χ0n) is 13.1. The van der Waals surface area contributed by atoms with Crippen LogP contribution >= 0.6 is 24.8 Å². The molecule has 0 radical (unpaired) electrons. The highest BCUT2D eigenvalue weighted by atomic mass is 35.5. The smallest absolute Gasteiger partial charge is 0.0348 e. The number of benzene rings is 1. The summed E-state index contributed by atoms with van der Waals surface area (Å²) in [5.74, 6) is 0. The maximum absolute atomic E-state index is 5.53. The van der Waals surface area contributed by atoms with E-state index in [4.69, 9.17) is 5.73 Å². The molecule has 21 heavy (non-hydrogen) atoms. The van der Waals surface area contributed by atoms with E-state index in [-0.39, 0.29) is 24.8 Å². The highest BCUT2D eigenvalue weighted by Gasteiger charge is 2.25. The molecule has 1 aliphatic rings. The highest BCUT2D eigenvalue weighted by Crippen LogP contribution is 2.32. The molecule has 1 saturated heterocycles. The zero-order valence-corrected chi connectivity index (χ0v) is 14.7. The van der Waals surface area contributed by atoms with Crippen LogP contribution in [0.3, 0.4) is 0 Å². The van der Waals surface area contributed by atoms with Crippen molar-refractivity contribution in [2.24, 2.45) is 5.73 Å². The van der Waals surface area contributed by atoms with Crippen LogP contribution in [0.25, 0.3) is 0 Å². The van der Waals surface area contributed by atoms with E-state index in [9.17, 15) is 0 Å². The van der Waals surface area contributed by atoms with Gasteiger partial charge in [0.1, 0.15) is 0 Å². The molecule has 0 amide bonds. The van der Waals surface area contributed by atoms with Gasteiger partial charge in [-0.25, -0.2) is 0 Å². The lowest BCUT2D eigenvalue weighted by atomic mass is 10.0. The first kappa shape index (κ1) is 20.7. The van der Waals surface area contributed by atoms with Gasteiger partial charge in [-0.2, -0.15) is 0 Å². The molecule has 0 aliphatic carbocycles. The van der Waals surface area contributed by atoms with Crippen LogP contribution in [0.4, 0.5) is 0 Å². The van der Waals surface area contributed by atoms with Crippen LogP contribution in [0.15, 0.2) is 24.3 Å². The molecule has 1 aliphatic heterocycles. The summed E-state index contributed by atoms with van der Waals surface area (Å²) in [7, 11) is 0. The van der Waals surface area contributed by atoms with Crippen molar-refractivity contribution in [3.63, 3.8) is 0 Å². The van der Waals surface area contributed by atoms with Gasteiger partial charge in [-0.1, -0.05) is 42.7 Å². The maximum atomic E-state index is 5.53. The summed E-state index contributed by atoms with van der Waals surface area (Å²) < 4.78 is 0. The first-order chi connectivity index (χ1) is 9.31. The van der Waals surface area contributed by atoms with Crippen LogP contribution in [0.2, 0.25) is 0 Å². The number of hydrogen-bond acceptors (Lipinski definition) is 2. The summed E-state index contributed by atoms with van der Waals surface area (Å²) >= 11 is 0. The fourth-order valence-corrected chi connectivity index (χ4v) is 3.16. The summed E-state index contributed by atoms with van der Waals surface area (Å²) in [4.78, 5) is 2.68. The number of likely N-dealkylation sites (tertiary alicyclic amines) is 1. The Kier molecular flexibility index (Phi) is 11.2. The number of halogens is 2. The number of unbranched alkanes of at least 4 members (excludes halogenated alkanes) is 3. The molecule has 0 saturated carbocycles. The topological polar surface area (TPSA) is 29.3 Å². The molecule has 1 aromatic rings. The molecule has 1 fully saturated rings. The molecule has 0 bridgehead atoms. The van der Waals surface area contributed by atoms with Gasteiger partial charge >= 0.3 is 0 Å². The lowest BCUT2D eigenvalue weighted by Gasteiger charge is -2.25. The van der Waals surface area contributed by atoms with Gasteiger partial charge < -0.3 is 5.73 Å². The second kappa shape index (κ2) is 11.3. The van der Waals surface area contributed by atoms with Crippen molar-refractivity contribution in [3.05, 3.63) is 35.4 Å². The van der Waals surface area contributed by atoms with Gasteiger partial charge in [-0.05, 0) is 57.8 Å². The summed E-state index contributed by atoms with van der Waals surface area (Å²) in [6, 6.07) is 9.70. The molecule has 2 nitrogen and oxygen atoms in total. The van der Waals surface area contributed by atoms with E-state index in [0.29, 0.717) is 6.04 Å². The van der Waals surface area contributed by atoms with Crippen LogP contribution in [0, 0.1) is 6.92 Å². The largest absolute Gasteiger partial charge is 0.330 e. The van der Waals surface area contributed by atoms with Crippen molar-refractivity contribution < 1.29 is 0 Å². The van der Waals surface area contributed by atoms with Gasteiger partial charge in [0.2, 0.25) is 0 Å². The van der Waals surface area contributed by atoms with Gasteiger partial charge in [-0.3, -0.25) is 4.90 Å². The molecule has 0 spiro atoms. The van der Waals surface area contributed by atoms with E-state index in [1.807, 2.05) is 0 Å². The van der Waals surface area contributed by atoms with Crippen molar-refractivity contribution in [1.82, 2.24) is 4.90 Å². The number of nitrogens with zero attached hydrogens (tertiary/aromatic N) is 1. The Balaban J connectivity index is 0.00000200. The Morgan fingerprint density at radius 2 is 1.90 bits per heavy atom. The average Bonchev–Trinajstić information content (AvgIpc) is 2.87. The van der Waals surface area contributed by atoms with Crippen molar-refractivity contribution in [2.75, 3.05) is 19.6 Å². The van der Waals surface area contributed by atoms with E-state index in [1.54, 1.807) is 0 Å². The Morgan fingerprint density at radius 3 is 2.62 bits per heavy atom. The van der Waals surface area contributed by atoms with Gasteiger partial charge in [-0.15, -0.1) is 24.8 Å². The normalized spacial score (nSPS) is 18.1. The standard InChI is InChI=1S/C17H28N2.2ClH/c1-15-8-6-9-16(14-15)17-10-7-13-19(17)12-5-3-2-4-11-18;;/h6,8-9,14,17H,2-5,7,10-13,18H2,1H3;2*1H. The summed E-state index contributed by atoms with van der Waals surface area (Å²) in [5, 5.41) is 0. The first-order valence-corrected chi connectivity index (χ1v) is 7.82. The predicted octanol–water partition coefficient (Wildman–Crippen LogP) is 4.49. The molecule has 2 N–H and O–H groups in total. The quantitative estimate of drug-likeness (QED) is 0.745. The van der Waals surface area contributed by atoms with E-state index in [1.165, 1.54) is 62.7 Å². The maximum Gasteiger partial charge on any atom is 0.0348 e. The molecule has 1 unspecified atom stereocenters. The molecule has 2 rings (SSSR count). The van der Waals surface area contributed by atoms with Gasteiger partial charge in [0, 0.05) is 6.04 Å². The Bertz CT molecular complexity index is 385. The third-order valence-corrected chi connectivity index (χ3v) is 4.19. The van der Waals surface area contributed by atoms with E-state index < -0.39 is 0 Å². The highest BCUT2D eigenvalue weighted by molar-refractivity contribution is 5.85. The molecule has 1 atom stereocenters. The average molecular weight is 333 g/mol. The molecule has 122 valence electrons. The number of rotatable bonds is 7. The molecular formula is C17H30Cl2N2. The second-order valence-electron chi connectivity index (χ2n) is 5.81. The zero-order chi connectivity index (χ0) is 13.5. The monoisotopic (exact) mass is 332 g/mol. The van der Waals surface area contributed by atoms with Gasteiger partial charge in [0.25, 0.3) is 0 Å². The second-order valence-corrected chi connectivity index (χ2v) is 5.81. The minimum atomic E-state index is 0. The molecule has 1 heterocycles. The third kappa shape index (κ3) is 6.56. The van der Waals surface area contributed by atoms with Crippen LogP contribution in [-0.4, -0.2) is 24.5 Å². The molecule has 1 aromatic carbocycles. The van der Waals surface area contributed by atoms with Gasteiger partial charge in [0.05, 0.1) is 0 Å². The number of nitrogens with two attached hydrogens (primary N) is 1. The van der Waals surface area contributed by atoms with E-state index >= 15 is 0 Å². The van der Waals surface area contributed by atoms with Crippen LogP contribution in [0.1, 0.15) is 55.7 Å². The Labute approximate surface area is 142 Å². The molecular weight excluding hydrogens is 303 g/mol. The van der Waals surface area contributed by atoms with Crippen molar-refractivity contribution >= 4 is 24.8 Å². The predicted molar refractivity (Wildman–Crippen MR) is 96.7 cm³/mol. The number of aryl methyl sites for hydroxylation is 1. The fourth-order valence-electron chi connectivity index (χ4n) is 3.16. The summed E-state index contributed by atoms with van der Waals surface area (Å²) in [6.45, 7) is 5.56. The van der Waals surface area contributed by atoms with Crippen molar-refractivity contribution in [3.8, 4) is 0 Å². The lowest BCUT2D eigenvalue weighted by Crippen LogP contribution is -2.24. The minimum Gasteiger partial charge on any atom is -0.330 e. The molecule has 4 heteroatoms. The summed E-state index contributed by atoms with van der Waals surface area (Å²) in [6.07, 6.45) is 7.80. The lowest BCUT2D eigenvalue weighted by molar-refractivity contribution is 0.251. The summed E-state index contributed by atoms with van der Waals surface area (Å²) in [5.41, 5.74) is 8.43. The van der Waals surface area contributed by atoms with Crippen molar-refractivity contribution in [2.45, 2.75) is 51.5 Å². The Morgan fingerprint density at radius 1 is 1.14 bits per heavy atom. The first-order valence-electron chi connectivity index (χ1n) is 7.82. The number of hydrogen-bond donors (Lipinski definition) is 1. The Hall–Kier alpha value is -0.280. The SMILES string of the molecule is Cc1cccc(C2CCCN2CCCCCCN)c1.Cl.Cl.